The molecule has 0 bridgehead atoms. The first-order valence-electron chi connectivity index (χ1n) is 9.21. The summed E-state index contributed by atoms with van der Waals surface area (Å²) in [6.45, 7) is 4.66. The van der Waals surface area contributed by atoms with Crippen LogP contribution in [0.2, 0.25) is 0 Å². The SMILES string of the molecule is CCC(C)NC(=O)c1ccccc1NC(=O)/C=C/c1ccc2c(c1)CCO2. The smallest absolute Gasteiger partial charge is 0.253 e. The molecule has 2 aromatic carbocycles. The van der Waals surface area contributed by atoms with E-state index < -0.39 is 0 Å². The molecule has 0 saturated carbocycles. The second kappa shape index (κ2) is 8.54. The summed E-state index contributed by atoms with van der Waals surface area (Å²) in [5.41, 5.74) is 3.05. The van der Waals surface area contributed by atoms with Crippen LogP contribution in [0.4, 0.5) is 5.69 Å². The van der Waals surface area contributed by atoms with E-state index in [2.05, 4.69) is 10.6 Å². The van der Waals surface area contributed by atoms with Gasteiger partial charge >= 0.3 is 0 Å². The van der Waals surface area contributed by atoms with Gasteiger partial charge in [-0.2, -0.15) is 0 Å². The van der Waals surface area contributed by atoms with Crippen LogP contribution >= 0.6 is 0 Å². The largest absolute Gasteiger partial charge is 0.493 e. The number of para-hydroxylation sites is 1. The molecule has 1 atom stereocenters. The van der Waals surface area contributed by atoms with Gasteiger partial charge in [-0.3, -0.25) is 9.59 Å². The number of anilines is 1. The van der Waals surface area contributed by atoms with E-state index in [9.17, 15) is 9.59 Å². The van der Waals surface area contributed by atoms with Crippen molar-refractivity contribution < 1.29 is 14.3 Å². The quantitative estimate of drug-likeness (QED) is 0.766. The summed E-state index contributed by atoms with van der Waals surface area (Å²) in [4.78, 5) is 24.7. The van der Waals surface area contributed by atoms with Gasteiger partial charge in [-0.05, 0) is 54.8 Å². The Bertz CT molecular complexity index is 874. The van der Waals surface area contributed by atoms with Crippen molar-refractivity contribution in [2.45, 2.75) is 32.7 Å². The van der Waals surface area contributed by atoms with E-state index >= 15 is 0 Å². The molecule has 0 fully saturated rings. The fraction of sp³-hybridized carbons (Fsp3) is 0.273. The Labute approximate surface area is 159 Å². The molecule has 1 aliphatic rings. The predicted octanol–water partition coefficient (Wildman–Crippen LogP) is 3.80. The number of nitrogens with one attached hydrogen (secondary N) is 2. The maximum atomic E-state index is 12.4. The molecule has 0 spiro atoms. The van der Waals surface area contributed by atoms with E-state index in [-0.39, 0.29) is 17.9 Å². The van der Waals surface area contributed by atoms with Crippen LogP contribution in [0, 0.1) is 0 Å². The minimum atomic E-state index is -0.282. The summed E-state index contributed by atoms with van der Waals surface area (Å²) in [5.74, 6) is 0.441. The highest BCUT2D eigenvalue weighted by molar-refractivity contribution is 6.07. The number of hydrogen-bond donors (Lipinski definition) is 2. The van der Waals surface area contributed by atoms with Gasteiger partial charge in [0.2, 0.25) is 5.91 Å². The predicted molar refractivity (Wildman–Crippen MR) is 107 cm³/mol. The topological polar surface area (TPSA) is 67.4 Å². The third-order valence-corrected chi connectivity index (χ3v) is 4.56. The van der Waals surface area contributed by atoms with Gasteiger partial charge in [-0.25, -0.2) is 0 Å². The number of hydrogen-bond acceptors (Lipinski definition) is 3. The molecule has 0 radical (unpaired) electrons. The Balaban J connectivity index is 1.68. The van der Waals surface area contributed by atoms with Crippen LogP contribution in [-0.2, 0) is 11.2 Å². The highest BCUT2D eigenvalue weighted by atomic mass is 16.5. The highest BCUT2D eigenvalue weighted by Gasteiger charge is 2.14. The van der Waals surface area contributed by atoms with Crippen molar-refractivity contribution in [1.82, 2.24) is 5.32 Å². The zero-order valence-corrected chi connectivity index (χ0v) is 15.6. The lowest BCUT2D eigenvalue weighted by atomic mass is 10.1. The van der Waals surface area contributed by atoms with E-state index in [1.54, 1.807) is 30.3 Å². The van der Waals surface area contributed by atoms with Crippen LogP contribution in [-0.4, -0.2) is 24.5 Å². The number of carbonyl (C=O) groups excluding carboxylic acids is 2. The number of fused-ring (bicyclic) bond motifs is 1. The molecule has 1 unspecified atom stereocenters. The Morgan fingerprint density at radius 1 is 1.22 bits per heavy atom. The molecule has 2 amide bonds. The normalized spacial score (nSPS) is 13.7. The molecule has 1 aliphatic heterocycles. The molecule has 3 rings (SSSR count). The van der Waals surface area contributed by atoms with Crippen molar-refractivity contribution in [3.63, 3.8) is 0 Å². The van der Waals surface area contributed by atoms with Crippen LogP contribution in [0.5, 0.6) is 5.75 Å². The van der Waals surface area contributed by atoms with Crippen LogP contribution in [0.3, 0.4) is 0 Å². The zero-order chi connectivity index (χ0) is 19.2. The first kappa shape index (κ1) is 18.7. The van der Waals surface area contributed by atoms with Crippen molar-refractivity contribution in [2.24, 2.45) is 0 Å². The molecule has 0 saturated heterocycles. The lowest BCUT2D eigenvalue weighted by Gasteiger charge is -2.14. The second-order valence-electron chi connectivity index (χ2n) is 6.62. The average Bonchev–Trinajstić information content (AvgIpc) is 3.14. The number of benzene rings is 2. The molecule has 2 aromatic rings. The zero-order valence-electron chi connectivity index (χ0n) is 15.6. The van der Waals surface area contributed by atoms with Crippen molar-refractivity contribution in [3.8, 4) is 5.75 Å². The molecule has 0 aliphatic carbocycles. The highest BCUT2D eigenvalue weighted by Crippen LogP contribution is 2.26. The van der Waals surface area contributed by atoms with E-state index in [4.69, 9.17) is 4.74 Å². The summed E-state index contributed by atoms with van der Waals surface area (Å²) < 4.78 is 5.49. The van der Waals surface area contributed by atoms with Crippen LogP contribution < -0.4 is 15.4 Å². The van der Waals surface area contributed by atoms with Crippen molar-refractivity contribution in [1.29, 1.82) is 0 Å². The molecule has 0 aromatic heterocycles. The lowest BCUT2D eigenvalue weighted by molar-refractivity contribution is -0.111. The van der Waals surface area contributed by atoms with Crippen LogP contribution in [0.15, 0.2) is 48.5 Å². The molecule has 5 nitrogen and oxygen atoms in total. The summed E-state index contributed by atoms with van der Waals surface area (Å²) in [5, 5.41) is 5.72. The second-order valence-corrected chi connectivity index (χ2v) is 6.62. The maximum absolute atomic E-state index is 12.4. The maximum Gasteiger partial charge on any atom is 0.253 e. The lowest BCUT2D eigenvalue weighted by Crippen LogP contribution is -2.32. The first-order valence-corrected chi connectivity index (χ1v) is 9.21. The Hall–Kier alpha value is -3.08. The molecule has 1 heterocycles. The van der Waals surface area contributed by atoms with Gasteiger partial charge in [0, 0.05) is 18.5 Å². The number of amides is 2. The first-order chi connectivity index (χ1) is 13.1. The van der Waals surface area contributed by atoms with E-state index in [0.29, 0.717) is 17.9 Å². The molecule has 2 N–H and O–H groups in total. The van der Waals surface area contributed by atoms with Gasteiger partial charge in [0.25, 0.3) is 5.91 Å². The summed E-state index contributed by atoms with van der Waals surface area (Å²) in [6.07, 6.45) is 4.97. The van der Waals surface area contributed by atoms with Gasteiger partial charge in [0.05, 0.1) is 17.9 Å². The molecular weight excluding hydrogens is 340 g/mol. The molecular formula is C22H24N2O3. The van der Waals surface area contributed by atoms with E-state index in [0.717, 1.165) is 29.7 Å². The van der Waals surface area contributed by atoms with E-state index in [1.807, 2.05) is 32.0 Å². The minimum absolute atomic E-state index is 0.0740. The molecule has 5 heteroatoms. The monoisotopic (exact) mass is 364 g/mol. The minimum Gasteiger partial charge on any atom is -0.493 e. The van der Waals surface area contributed by atoms with Gasteiger partial charge in [-0.1, -0.05) is 25.1 Å². The van der Waals surface area contributed by atoms with Gasteiger partial charge in [0.1, 0.15) is 5.75 Å². The van der Waals surface area contributed by atoms with Crippen LogP contribution in [0.1, 0.15) is 41.8 Å². The number of ether oxygens (including phenoxy) is 1. The molecule has 140 valence electrons. The van der Waals surface area contributed by atoms with Crippen molar-refractivity contribution >= 4 is 23.6 Å². The number of carbonyl (C=O) groups is 2. The molecule has 27 heavy (non-hydrogen) atoms. The van der Waals surface area contributed by atoms with Crippen molar-refractivity contribution in [2.75, 3.05) is 11.9 Å². The van der Waals surface area contributed by atoms with Crippen molar-refractivity contribution in [3.05, 3.63) is 65.2 Å². The number of rotatable bonds is 6. The van der Waals surface area contributed by atoms with E-state index in [1.165, 1.54) is 6.08 Å². The summed E-state index contributed by atoms with van der Waals surface area (Å²) in [6, 6.07) is 12.9. The van der Waals surface area contributed by atoms with Gasteiger partial charge in [-0.15, -0.1) is 0 Å². The third-order valence-electron chi connectivity index (χ3n) is 4.56. The Kier molecular flexibility index (Phi) is 5.91. The Morgan fingerprint density at radius 3 is 2.85 bits per heavy atom. The fourth-order valence-corrected chi connectivity index (χ4v) is 2.85. The van der Waals surface area contributed by atoms with Crippen LogP contribution in [0.25, 0.3) is 6.08 Å². The summed E-state index contributed by atoms with van der Waals surface area (Å²) >= 11 is 0. The Morgan fingerprint density at radius 2 is 2.04 bits per heavy atom. The van der Waals surface area contributed by atoms with Gasteiger partial charge in [0.15, 0.2) is 0 Å². The fourth-order valence-electron chi connectivity index (χ4n) is 2.85. The van der Waals surface area contributed by atoms with Gasteiger partial charge < -0.3 is 15.4 Å². The summed E-state index contributed by atoms with van der Waals surface area (Å²) in [7, 11) is 0. The average molecular weight is 364 g/mol. The third kappa shape index (κ3) is 4.76. The standard InChI is InChI=1S/C22H24N2O3/c1-3-15(2)23-22(26)18-6-4-5-7-19(18)24-21(25)11-9-16-8-10-20-17(14-16)12-13-27-20/h4-11,14-15H,3,12-13H2,1-2H3,(H,23,26)(H,24,25)/b11-9+.